The van der Waals surface area contributed by atoms with Crippen molar-refractivity contribution in [2.45, 2.75) is 71.8 Å². The number of hydrogen-bond acceptors (Lipinski definition) is 1. The van der Waals surface area contributed by atoms with Crippen LogP contribution in [0.15, 0.2) is 0 Å². The molecule has 1 saturated carbocycles. The molecule has 0 saturated heterocycles. The first-order valence-corrected chi connectivity index (χ1v) is 6.66. The lowest BCUT2D eigenvalue weighted by atomic mass is 9.70. The summed E-state index contributed by atoms with van der Waals surface area (Å²) in [6, 6.07) is 0. The Balaban J connectivity index is 2.40. The zero-order valence-electron chi connectivity index (χ0n) is 10.9. The van der Waals surface area contributed by atoms with Gasteiger partial charge in [0, 0.05) is 0 Å². The average molecular weight is 212 g/mol. The maximum atomic E-state index is 10.6. The van der Waals surface area contributed by atoms with Gasteiger partial charge >= 0.3 is 0 Å². The molecule has 1 aliphatic rings. The Hall–Kier alpha value is -0.0400. The molecule has 0 amide bonds. The maximum absolute atomic E-state index is 10.6. The fourth-order valence-electron chi connectivity index (χ4n) is 2.87. The van der Waals surface area contributed by atoms with Crippen LogP contribution < -0.4 is 0 Å². The minimum Gasteiger partial charge on any atom is -0.390 e. The maximum Gasteiger partial charge on any atom is 0.0675 e. The Morgan fingerprint density at radius 3 is 2.53 bits per heavy atom. The second kappa shape index (κ2) is 5.34. The highest BCUT2D eigenvalue weighted by Gasteiger charge is 2.37. The molecule has 0 spiro atoms. The van der Waals surface area contributed by atoms with Crippen LogP contribution in [0.25, 0.3) is 0 Å². The topological polar surface area (TPSA) is 20.2 Å². The fourth-order valence-corrected chi connectivity index (χ4v) is 2.87. The number of rotatable bonds is 4. The first kappa shape index (κ1) is 13.0. The summed E-state index contributed by atoms with van der Waals surface area (Å²) in [5.41, 5.74) is -0.355. The minimum atomic E-state index is -0.355. The van der Waals surface area contributed by atoms with Gasteiger partial charge in [0.2, 0.25) is 0 Å². The summed E-state index contributed by atoms with van der Waals surface area (Å²) >= 11 is 0. The molecule has 3 atom stereocenters. The minimum absolute atomic E-state index is 0.355. The molecule has 0 heterocycles. The van der Waals surface area contributed by atoms with Gasteiger partial charge in [0.25, 0.3) is 0 Å². The molecule has 1 rings (SSSR count). The van der Waals surface area contributed by atoms with Crippen molar-refractivity contribution in [1.29, 1.82) is 0 Å². The molecule has 0 aromatic carbocycles. The monoisotopic (exact) mass is 212 g/mol. The van der Waals surface area contributed by atoms with Gasteiger partial charge in [0.15, 0.2) is 0 Å². The fraction of sp³-hybridized carbons (Fsp3) is 1.00. The van der Waals surface area contributed by atoms with Gasteiger partial charge in [-0.2, -0.15) is 0 Å². The predicted octanol–water partition coefficient (Wildman–Crippen LogP) is 4.00. The van der Waals surface area contributed by atoms with Crippen LogP contribution in [0.2, 0.25) is 0 Å². The van der Waals surface area contributed by atoms with Crippen LogP contribution in [0.1, 0.15) is 66.2 Å². The molecular formula is C14H28O. The van der Waals surface area contributed by atoms with Crippen molar-refractivity contribution in [2.24, 2.45) is 17.8 Å². The molecule has 90 valence electrons. The van der Waals surface area contributed by atoms with Crippen LogP contribution in [-0.2, 0) is 0 Å². The van der Waals surface area contributed by atoms with E-state index in [0.717, 1.165) is 18.8 Å². The second-order valence-corrected chi connectivity index (χ2v) is 6.18. The molecule has 0 aromatic rings. The van der Waals surface area contributed by atoms with E-state index < -0.39 is 0 Å². The van der Waals surface area contributed by atoms with Crippen molar-refractivity contribution in [1.82, 2.24) is 0 Å². The molecule has 0 radical (unpaired) electrons. The van der Waals surface area contributed by atoms with Crippen molar-refractivity contribution in [3.05, 3.63) is 0 Å². The van der Waals surface area contributed by atoms with E-state index in [0.29, 0.717) is 11.8 Å². The molecule has 0 bridgehead atoms. The molecular weight excluding hydrogens is 184 g/mol. The summed E-state index contributed by atoms with van der Waals surface area (Å²) in [5.74, 6) is 1.98. The van der Waals surface area contributed by atoms with E-state index >= 15 is 0 Å². The first-order chi connectivity index (χ1) is 6.94. The standard InChI is InChI=1S/C14H28O/c1-11(2)6-5-9-14(15)10-12(3)7-8-13(14)4/h11-13,15H,5-10H2,1-4H3. The van der Waals surface area contributed by atoms with E-state index in [-0.39, 0.29) is 5.60 Å². The quantitative estimate of drug-likeness (QED) is 0.747. The summed E-state index contributed by atoms with van der Waals surface area (Å²) in [5, 5.41) is 10.6. The van der Waals surface area contributed by atoms with Gasteiger partial charge < -0.3 is 5.11 Å². The third-order valence-electron chi connectivity index (χ3n) is 4.10. The van der Waals surface area contributed by atoms with Crippen molar-refractivity contribution >= 4 is 0 Å². The third-order valence-corrected chi connectivity index (χ3v) is 4.10. The van der Waals surface area contributed by atoms with Gasteiger partial charge in [-0.1, -0.05) is 47.0 Å². The predicted molar refractivity (Wildman–Crippen MR) is 65.8 cm³/mol. The van der Waals surface area contributed by atoms with Gasteiger partial charge in [-0.15, -0.1) is 0 Å². The molecule has 15 heavy (non-hydrogen) atoms. The lowest BCUT2D eigenvalue weighted by Gasteiger charge is -2.41. The Morgan fingerprint density at radius 1 is 1.27 bits per heavy atom. The van der Waals surface area contributed by atoms with Crippen molar-refractivity contribution in [3.8, 4) is 0 Å². The van der Waals surface area contributed by atoms with Gasteiger partial charge in [0.1, 0.15) is 0 Å². The Labute approximate surface area is 95.3 Å². The van der Waals surface area contributed by atoms with E-state index in [1.807, 2.05) is 0 Å². The molecule has 0 aromatic heterocycles. The van der Waals surface area contributed by atoms with Crippen LogP contribution >= 0.6 is 0 Å². The molecule has 1 aliphatic carbocycles. The Bertz CT molecular complexity index is 188. The molecule has 1 fully saturated rings. The van der Waals surface area contributed by atoms with Crippen molar-refractivity contribution in [3.63, 3.8) is 0 Å². The third kappa shape index (κ3) is 3.79. The van der Waals surface area contributed by atoms with Gasteiger partial charge in [-0.05, 0) is 37.0 Å². The molecule has 1 nitrogen and oxygen atoms in total. The van der Waals surface area contributed by atoms with E-state index in [1.54, 1.807) is 0 Å². The van der Waals surface area contributed by atoms with E-state index in [2.05, 4.69) is 27.7 Å². The lowest BCUT2D eigenvalue weighted by molar-refractivity contribution is -0.0648. The average Bonchev–Trinajstić information content (AvgIpc) is 2.11. The number of aliphatic hydroxyl groups is 1. The van der Waals surface area contributed by atoms with Gasteiger partial charge in [0.05, 0.1) is 5.60 Å². The zero-order chi connectivity index (χ0) is 11.5. The van der Waals surface area contributed by atoms with E-state index in [9.17, 15) is 5.11 Å². The summed E-state index contributed by atoms with van der Waals surface area (Å²) in [6.07, 6.45) is 6.98. The summed E-state index contributed by atoms with van der Waals surface area (Å²) < 4.78 is 0. The highest BCUT2D eigenvalue weighted by molar-refractivity contribution is 4.89. The van der Waals surface area contributed by atoms with Crippen LogP contribution in [0, 0.1) is 17.8 Å². The molecule has 1 heteroatoms. The van der Waals surface area contributed by atoms with Crippen LogP contribution in [-0.4, -0.2) is 10.7 Å². The number of hydrogen-bond donors (Lipinski definition) is 1. The molecule has 1 N–H and O–H groups in total. The molecule has 3 unspecified atom stereocenters. The van der Waals surface area contributed by atoms with Gasteiger partial charge in [-0.25, -0.2) is 0 Å². The smallest absolute Gasteiger partial charge is 0.0675 e. The van der Waals surface area contributed by atoms with Crippen molar-refractivity contribution in [2.75, 3.05) is 0 Å². The summed E-state index contributed by atoms with van der Waals surface area (Å²) in [4.78, 5) is 0. The second-order valence-electron chi connectivity index (χ2n) is 6.18. The SMILES string of the molecule is CC(C)CCCC1(O)CC(C)CCC1C. The first-order valence-electron chi connectivity index (χ1n) is 6.66. The van der Waals surface area contributed by atoms with Crippen molar-refractivity contribution < 1.29 is 5.11 Å². The summed E-state index contributed by atoms with van der Waals surface area (Å²) in [6.45, 7) is 9.02. The highest BCUT2D eigenvalue weighted by Crippen LogP contribution is 2.40. The highest BCUT2D eigenvalue weighted by atomic mass is 16.3. The Morgan fingerprint density at radius 2 is 1.93 bits per heavy atom. The largest absolute Gasteiger partial charge is 0.390 e. The van der Waals surface area contributed by atoms with E-state index in [4.69, 9.17) is 0 Å². The van der Waals surface area contributed by atoms with Crippen LogP contribution in [0.3, 0.4) is 0 Å². The zero-order valence-corrected chi connectivity index (χ0v) is 10.9. The summed E-state index contributed by atoms with van der Waals surface area (Å²) in [7, 11) is 0. The Kier molecular flexibility index (Phi) is 4.64. The van der Waals surface area contributed by atoms with Crippen LogP contribution in [0.4, 0.5) is 0 Å². The molecule has 0 aliphatic heterocycles. The normalized spacial score (nSPS) is 37.2. The van der Waals surface area contributed by atoms with Gasteiger partial charge in [-0.3, -0.25) is 0 Å². The lowest BCUT2D eigenvalue weighted by Crippen LogP contribution is -2.41. The van der Waals surface area contributed by atoms with E-state index in [1.165, 1.54) is 25.7 Å². The van der Waals surface area contributed by atoms with Crippen LogP contribution in [0.5, 0.6) is 0 Å².